The fraction of sp³-hybridized carbons (Fsp3) is 1.00. The number of nitrogens with one attached hydrogen (secondary N) is 1. The first-order valence-corrected chi connectivity index (χ1v) is 5.21. The Morgan fingerprint density at radius 3 is 2.69 bits per heavy atom. The summed E-state index contributed by atoms with van der Waals surface area (Å²) in [5, 5.41) is 3.47. The molecule has 0 aliphatic carbocycles. The van der Waals surface area contributed by atoms with Crippen LogP contribution in [-0.2, 0) is 9.47 Å². The standard InChI is InChI=1S/C10H21NO2/c1-4-12-9(3)13-7-10-6-5-8(2)11-10/h8-11H,4-7H2,1-3H3/t8-,9?,10+/m1/s1. The van der Waals surface area contributed by atoms with Crippen LogP contribution >= 0.6 is 0 Å². The molecular formula is C10H21NO2. The van der Waals surface area contributed by atoms with Gasteiger partial charge in [-0.15, -0.1) is 0 Å². The van der Waals surface area contributed by atoms with E-state index in [0.717, 1.165) is 13.2 Å². The average Bonchev–Trinajstić information content (AvgIpc) is 2.49. The molecule has 78 valence electrons. The number of hydrogen-bond acceptors (Lipinski definition) is 3. The van der Waals surface area contributed by atoms with Crippen molar-refractivity contribution in [3.05, 3.63) is 0 Å². The molecule has 0 bridgehead atoms. The van der Waals surface area contributed by atoms with Crippen molar-refractivity contribution in [3.8, 4) is 0 Å². The monoisotopic (exact) mass is 187 g/mol. The van der Waals surface area contributed by atoms with E-state index in [-0.39, 0.29) is 6.29 Å². The van der Waals surface area contributed by atoms with Crippen LogP contribution in [-0.4, -0.2) is 31.6 Å². The highest BCUT2D eigenvalue weighted by atomic mass is 16.7. The molecule has 1 aliphatic heterocycles. The van der Waals surface area contributed by atoms with E-state index < -0.39 is 0 Å². The summed E-state index contributed by atoms with van der Waals surface area (Å²) in [6.45, 7) is 7.63. The van der Waals surface area contributed by atoms with E-state index in [2.05, 4.69) is 12.2 Å². The largest absolute Gasteiger partial charge is 0.353 e. The van der Waals surface area contributed by atoms with Gasteiger partial charge in [-0.25, -0.2) is 0 Å². The van der Waals surface area contributed by atoms with E-state index in [0.29, 0.717) is 12.1 Å². The maximum Gasteiger partial charge on any atom is 0.154 e. The number of hydrogen-bond donors (Lipinski definition) is 1. The molecule has 1 fully saturated rings. The molecule has 3 heteroatoms. The van der Waals surface area contributed by atoms with Gasteiger partial charge in [-0.1, -0.05) is 0 Å². The molecule has 0 amide bonds. The van der Waals surface area contributed by atoms with E-state index in [9.17, 15) is 0 Å². The van der Waals surface area contributed by atoms with Gasteiger partial charge in [0.25, 0.3) is 0 Å². The SMILES string of the molecule is CCOC(C)OC[C@@H]1CC[C@@H](C)N1. The fourth-order valence-corrected chi connectivity index (χ4v) is 1.69. The van der Waals surface area contributed by atoms with Gasteiger partial charge in [-0.2, -0.15) is 0 Å². The van der Waals surface area contributed by atoms with Crippen LogP contribution in [0.2, 0.25) is 0 Å². The zero-order valence-corrected chi connectivity index (χ0v) is 8.88. The Kier molecular flexibility index (Phi) is 4.70. The summed E-state index contributed by atoms with van der Waals surface area (Å²) in [6, 6.07) is 1.17. The third kappa shape index (κ3) is 4.07. The molecule has 0 aromatic rings. The molecular weight excluding hydrogens is 166 g/mol. The predicted octanol–water partition coefficient (Wildman–Crippen LogP) is 1.53. The van der Waals surface area contributed by atoms with E-state index in [1.54, 1.807) is 0 Å². The van der Waals surface area contributed by atoms with Crippen molar-refractivity contribution in [1.29, 1.82) is 0 Å². The van der Waals surface area contributed by atoms with Crippen molar-refractivity contribution in [3.63, 3.8) is 0 Å². The van der Waals surface area contributed by atoms with E-state index in [1.807, 2.05) is 13.8 Å². The molecule has 0 spiro atoms. The molecule has 0 radical (unpaired) electrons. The van der Waals surface area contributed by atoms with Crippen molar-refractivity contribution < 1.29 is 9.47 Å². The van der Waals surface area contributed by atoms with Crippen LogP contribution in [0.4, 0.5) is 0 Å². The van der Waals surface area contributed by atoms with E-state index in [4.69, 9.17) is 9.47 Å². The normalized spacial score (nSPS) is 30.7. The molecule has 0 aromatic heterocycles. The highest BCUT2D eigenvalue weighted by Gasteiger charge is 2.20. The van der Waals surface area contributed by atoms with Gasteiger partial charge in [0.2, 0.25) is 0 Å². The Bertz CT molecular complexity index is 141. The Morgan fingerprint density at radius 2 is 2.15 bits per heavy atom. The second kappa shape index (κ2) is 5.58. The van der Waals surface area contributed by atoms with Crippen LogP contribution in [0.1, 0.15) is 33.6 Å². The lowest BCUT2D eigenvalue weighted by Gasteiger charge is -2.16. The van der Waals surface area contributed by atoms with Crippen molar-refractivity contribution in [2.24, 2.45) is 0 Å². The summed E-state index contributed by atoms with van der Waals surface area (Å²) in [7, 11) is 0. The first-order valence-electron chi connectivity index (χ1n) is 5.21. The smallest absolute Gasteiger partial charge is 0.154 e. The van der Waals surface area contributed by atoms with Crippen LogP contribution in [0.3, 0.4) is 0 Å². The topological polar surface area (TPSA) is 30.5 Å². The number of rotatable bonds is 5. The summed E-state index contributed by atoms with van der Waals surface area (Å²) in [5.41, 5.74) is 0. The van der Waals surface area contributed by atoms with Crippen molar-refractivity contribution in [2.75, 3.05) is 13.2 Å². The molecule has 3 atom stereocenters. The molecule has 1 rings (SSSR count). The zero-order valence-electron chi connectivity index (χ0n) is 8.88. The summed E-state index contributed by atoms with van der Waals surface area (Å²) in [4.78, 5) is 0. The third-order valence-corrected chi connectivity index (χ3v) is 2.40. The van der Waals surface area contributed by atoms with Crippen molar-refractivity contribution >= 4 is 0 Å². The minimum atomic E-state index is -0.0669. The molecule has 1 unspecified atom stereocenters. The van der Waals surface area contributed by atoms with Gasteiger partial charge in [0.1, 0.15) is 0 Å². The maximum absolute atomic E-state index is 5.53. The van der Waals surface area contributed by atoms with Gasteiger partial charge in [0, 0.05) is 18.7 Å². The molecule has 1 heterocycles. The van der Waals surface area contributed by atoms with Crippen molar-refractivity contribution in [2.45, 2.75) is 52.0 Å². The molecule has 1 N–H and O–H groups in total. The molecule has 3 nitrogen and oxygen atoms in total. The Hall–Kier alpha value is -0.120. The number of ether oxygens (including phenoxy) is 2. The van der Waals surface area contributed by atoms with Gasteiger partial charge in [0.15, 0.2) is 6.29 Å². The summed E-state index contributed by atoms with van der Waals surface area (Å²) in [6.07, 6.45) is 2.42. The minimum Gasteiger partial charge on any atom is -0.353 e. The highest BCUT2D eigenvalue weighted by molar-refractivity contribution is 4.79. The first-order chi connectivity index (χ1) is 6.22. The van der Waals surface area contributed by atoms with Gasteiger partial charge >= 0.3 is 0 Å². The molecule has 0 saturated carbocycles. The lowest BCUT2D eigenvalue weighted by atomic mass is 10.2. The fourth-order valence-electron chi connectivity index (χ4n) is 1.69. The molecule has 13 heavy (non-hydrogen) atoms. The molecule has 1 saturated heterocycles. The van der Waals surface area contributed by atoms with Crippen LogP contribution in [0.5, 0.6) is 0 Å². The van der Waals surface area contributed by atoms with Gasteiger partial charge in [-0.3, -0.25) is 0 Å². The van der Waals surface area contributed by atoms with Crippen molar-refractivity contribution in [1.82, 2.24) is 5.32 Å². The predicted molar refractivity (Wildman–Crippen MR) is 52.7 cm³/mol. The van der Waals surface area contributed by atoms with Crippen LogP contribution in [0.25, 0.3) is 0 Å². The van der Waals surface area contributed by atoms with Gasteiger partial charge in [-0.05, 0) is 33.6 Å². The quantitative estimate of drug-likeness (QED) is 0.662. The average molecular weight is 187 g/mol. The summed E-state index contributed by atoms with van der Waals surface area (Å²) >= 11 is 0. The maximum atomic E-state index is 5.53. The highest BCUT2D eigenvalue weighted by Crippen LogP contribution is 2.12. The first kappa shape index (κ1) is 11.0. The molecule has 0 aromatic carbocycles. The summed E-state index contributed by atoms with van der Waals surface area (Å²) < 4.78 is 10.8. The molecule has 1 aliphatic rings. The second-order valence-corrected chi connectivity index (χ2v) is 3.70. The minimum absolute atomic E-state index is 0.0669. The Morgan fingerprint density at radius 1 is 1.38 bits per heavy atom. The zero-order chi connectivity index (χ0) is 9.68. The van der Waals surface area contributed by atoms with Crippen LogP contribution in [0.15, 0.2) is 0 Å². The lowest BCUT2D eigenvalue weighted by molar-refractivity contribution is -0.130. The second-order valence-electron chi connectivity index (χ2n) is 3.70. The Labute approximate surface area is 80.8 Å². The Balaban J connectivity index is 2.05. The van der Waals surface area contributed by atoms with Crippen LogP contribution < -0.4 is 5.32 Å². The lowest BCUT2D eigenvalue weighted by Crippen LogP contribution is -2.32. The van der Waals surface area contributed by atoms with E-state index in [1.165, 1.54) is 12.8 Å². The third-order valence-electron chi connectivity index (χ3n) is 2.40. The van der Waals surface area contributed by atoms with E-state index >= 15 is 0 Å². The van der Waals surface area contributed by atoms with Crippen LogP contribution in [0, 0.1) is 0 Å². The summed E-state index contributed by atoms with van der Waals surface area (Å²) in [5.74, 6) is 0. The van der Waals surface area contributed by atoms with Gasteiger partial charge in [0.05, 0.1) is 6.61 Å². The van der Waals surface area contributed by atoms with Gasteiger partial charge < -0.3 is 14.8 Å².